The third-order valence-corrected chi connectivity index (χ3v) is 3.67. The standard InChI is InChI=1S/C14H22N4O/c1-9-8-11(12(15)16)18-13(17-9)19-10-4-6-14(2,3)7-5-10/h8,10H,4-7H2,1-3H3,(H3,15,16). The van der Waals surface area contributed by atoms with Crippen molar-refractivity contribution in [2.75, 3.05) is 0 Å². The minimum Gasteiger partial charge on any atom is -0.460 e. The number of ether oxygens (including phenoxy) is 1. The van der Waals surface area contributed by atoms with E-state index in [1.165, 1.54) is 0 Å². The van der Waals surface area contributed by atoms with Crippen molar-refractivity contribution < 1.29 is 4.74 Å². The molecule has 1 aliphatic carbocycles. The molecule has 0 spiro atoms. The summed E-state index contributed by atoms with van der Waals surface area (Å²) in [7, 11) is 0. The van der Waals surface area contributed by atoms with E-state index in [4.69, 9.17) is 15.9 Å². The quantitative estimate of drug-likeness (QED) is 0.647. The minimum absolute atomic E-state index is 0.0554. The Morgan fingerprint density at radius 1 is 1.37 bits per heavy atom. The van der Waals surface area contributed by atoms with E-state index < -0.39 is 0 Å². The second-order valence-electron chi connectivity index (χ2n) is 6.07. The van der Waals surface area contributed by atoms with Crippen LogP contribution in [0.4, 0.5) is 0 Å². The molecular weight excluding hydrogens is 240 g/mol. The van der Waals surface area contributed by atoms with Gasteiger partial charge < -0.3 is 10.5 Å². The van der Waals surface area contributed by atoms with Gasteiger partial charge in [0, 0.05) is 5.69 Å². The third-order valence-electron chi connectivity index (χ3n) is 3.67. The molecule has 2 rings (SSSR count). The van der Waals surface area contributed by atoms with Crippen molar-refractivity contribution in [1.82, 2.24) is 9.97 Å². The molecule has 1 aliphatic rings. The molecule has 5 heteroatoms. The lowest BCUT2D eigenvalue weighted by atomic mass is 9.76. The van der Waals surface area contributed by atoms with Crippen molar-refractivity contribution in [3.05, 3.63) is 17.5 Å². The SMILES string of the molecule is Cc1cc(C(=N)N)nc(OC2CCC(C)(C)CC2)n1. The van der Waals surface area contributed by atoms with Gasteiger partial charge in [-0.25, -0.2) is 4.98 Å². The van der Waals surface area contributed by atoms with Crippen molar-refractivity contribution in [3.8, 4) is 6.01 Å². The van der Waals surface area contributed by atoms with E-state index in [9.17, 15) is 0 Å². The molecule has 0 unspecified atom stereocenters. The minimum atomic E-state index is -0.0554. The van der Waals surface area contributed by atoms with E-state index in [0.717, 1.165) is 31.4 Å². The highest BCUT2D eigenvalue weighted by atomic mass is 16.5. The zero-order chi connectivity index (χ0) is 14.0. The van der Waals surface area contributed by atoms with Gasteiger partial charge in [-0.1, -0.05) is 13.8 Å². The van der Waals surface area contributed by atoms with Crippen LogP contribution in [-0.2, 0) is 0 Å². The molecule has 0 bridgehead atoms. The number of nitrogens with zero attached hydrogens (tertiary/aromatic N) is 2. The lowest BCUT2D eigenvalue weighted by Gasteiger charge is -2.33. The van der Waals surface area contributed by atoms with Crippen LogP contribution in [0.25, 0.3) is 0 Å². The largest absolute Gasteiger partial charge is 0.460 e. The molecule has 1 aromatic rings. The van der Waals surface area contributed by atoms with E-state index in [-0.39, 0.29) is 11.9 Å². The average Bonchev–Trinajstić information content (AvgIpc) is 2.31. The van der Waals surface area contributed by atoms with Crippen LogP contribution in [0.15, 0.2) is 6.07 Å². The molecule has 3 N–H and O–H groups in total. The molecule has 19 heavy (non-hydrogen) atoms. The number of hydrogen-bond donors (Lipinski definition) is 2. The molecule has 0 saturated heterocycles. The van der Waals surface area contributed by atoms with Crippen LogP contribution in [0.5, 0.6) is 6.01 Å². The van der Waals surface area contributed by atoms with E-state index in [2.05, 4.69) is 23.8 Å². The highest BCUT2D eigenvalue weighted by Gasteiger charge is 2.28. The smallest absolute Gasteiger partial charge is 0.317 e. The van der Waals surface area contributed by atoms with E-state index in [1.54, 1.807) is 6.07 Å². The first-order valence-corrected chi connectivity index (χ1v) is 6.72. The van der Waals surface area contributed by atoms with Crippen LogP contribution >= 0.6 is 0 Å². The van der Waals surface area contributed by atoms with E-state index >= 15 is 0 Å². The molecule has 1 aromatic heterocycles. The monoisotopic (exact) mass is 262 g/mol. The van der Waals surface area contributed by atoms with Crippen LogP contribution < -0.4 is 10.5 Å². The Labute approximate surface area is 114 Å². The topological polar surface area (TPSA) is 84.9 Å². The second kappa shape index (κ2) is 5.15. The molecule has 1 saturated carbocycles. The van der Waals surface area contributed by atoms with Crippen molar-refractivity contribution in [2.45, 2.75) is 52.6 Å². The Morgan fingerprint density at radius 2 is 2.00 bits per heavy atom. The molecule has 1 heterocycles. The molecule has 0 amide bonds. The summed E-state index contributed by atoms with van der Waals surface area (Å²) < 4.78 is 5.85. The van der Waals surface area contributed by atoms with Crippen LogP contribution in [0.1, 0.15) is 50.9 Å². The molecule has 0 radical (unpaired) electrons. The predicted molar refractivity (Wildman–Crippen MR) is 74.5 cm³/mol. The first-order valence-electron chi connectivity index (χ1n) is 6.72. The van der Waals surface area contributed by atoms with Crippen LogP contribution in [0.2, 0.25) is 0 Å². The number of rotatable bonds is 3. The highest BCUT2D eigenvalue weighted by molar-refractivity contribution is 5.93. The fourth-order valence-corrected chi connectivity index (χ4v) is 2.37. The van der Waals surface area contributed by atoms with E-state index in [0.29, 0.717) is 17.1 Å². The molecular formula is C14H22N4O. The lowest BCUT2D eigenvalue weighted by Crippen LogP contribution is -2.29. The van der Waals surface area contributed by atoms with Gasteiger partial charge in [0.2, 0.25) is 0 Å². The van der Waals surface area contributed by atoms with Gasteiger partial charge in [0.15, 0.2) is 0 Å². The third kappa shape index (κ3) is 3.66. The Bertz CT molecular complexity index is 474. The number of hydrogen-bond acceptors (Lipinski definition) is 4. The fourth-order valence-electron chi connectivity index (χ4n) is 2.37. The zero-order valence-corrected chi connectivity index (χ0v) is 11.9. The number of aryl methyl sites for hydroxylation is 1. The predicted octanol–water partition coefficient (Wildman–Crippen LogP) is 2.42. The number of nitrogens with one attached hydrogen (secondary N) is 1. The Balaban J connectivity index is 2.05. The number of amidine groups is 1. The molecule has 0 aromatic carbocycles. The summed E-state index contributed by atoms with van der Waals surface area (Å²) in [5.74, 6) is -0.0554. The summed E-state index contributed by atoms with van der Waals surface area (Å²) in [6.07, 6.45) is 4.54. The molecule has 0 aliphatic heterocycles. The van der Waals surface area contributed by atoms with Crippen molar-refractivity contribution in [1.29, 1.82) is 5.41 Å². The summed E-state index contributed by atoms with van der Waals surface area (Å²) in [6.45, 7) is 6.44. The fraction of sp³-hybridized carbons (Fsp3) is 0.643. The Hall–Kier alpha value is -1.65. The summed E-state index contributed by atoms with van der Waals surface area (Å²) >= 11 is 0. The normalized spacial score (nSPS) is 19.1. The molecule has 1 fully saturated rings. The first kappa shape index (κ1) is 13.8. The summed E-state index contributed by atoms with van der Waals surface area (Å²) in [6, 6.07) is 2.04. The average molecular weight is 262 g/mol. The molecule has 0 atom stereocenters. The van der Waals surface area contributed by atoms with Gasteiger partial charge in [-0.15, -0.1) is 0 Å². The molecule has 104 valence electrons. The van der Waals surface area contributed by atoms with Crippen molar-refractivity contribution in [3.63, 3.8) is 0 Å². The van der Waals surface area contributed by atoms with Gasteiger partial charge in [-0.3, -0.25) is 5.41 Å². The maximum Gasteiger partial charge on any atom is 0.317 e. The van der Waals surface area contributed by atoms with Gasteiger partial charge in [0.1, 0.15) is 17.6 Å². The van der Waals surface area contributed by atoms with Gasteiger partial charge in [0.05, 0.1) is 0 Å². The zero-order valence-electron chi connectivity index (χ0n) is 11.9. The first-order chi connectivity index (χ1) is 8.85. The number of nitrogens with two attached hydrogens (primary N) is 1. The van der Waals surface area contributed by atoms with Crippen molar-refractivity contribution in [2.24, 2.45) is 11.1 Å². The Kier molecular flexibility index (Phi) is 3.73. The van der Waals surface area contributed by atoms with Gasteiger partial charge >= 0.3 is 6.01 Å². The molecule has 5 nitrogen and oxygen atoms in total. The number of nitrogen functional groups attached to an aromatic ring is 1. The van der Waals surface area contributed by atoms with Crippen molar-refractivity contribution >= 4 is 5.84 Å². The van der Waals surface area contributed by atoms with Crippen LogP contribution in [0, 0.1) is 17.7 Å². The summed E-state index contributed by atoms with van der Waals surface area (Å²) in [5.41, 5.74) is 7.07. The van der Waals surface area contributed by atoms with Gasteiger partial charge in [0.25, 0.3) is 0 Å². The summed E-state index contributed by atoms with van der Waals surface area (Å²) in [4.78, 5) is 8.44. The summed E-state index contributed by atoms with van der Waals surface area (Å²) in [5, 5.41) is 7.43. The maximum atomic E-state index is 7.43. The van der Waals surface area contributed by atoms with Gasteiger partial charge in [-0.05, 0) is 44.1 Å². The lowest BCUT2D eigenvalue weighted by molar-refractivity contribution is 0.0904. The van der Waals surface area contributed by atoms with Crippen LogP contribution in [0.3, 0.4) is 0 Å². The second-order valence-corrected chi connectivity index (χ2v) is 6.07. The van der Waals surface area contributed by atoms with Gasteiger partial charge in [-0.2, -0.15) is 4.98 Å². The highest BCUT2D eigenvalue weighted by Crippen LogP contribution is 2.36. The maximum absolute atomic E-state index is 7.43. The Morgan fingerprint density at radius 3 is 2.58 bits per heavy atom. The number of aromatic nitrogens is 2. The van der Waals surface area contributed by atoms with Crippen LogP contribution in [-0.4, -0.2) is 21.9 Å². The van der Waals surface area contributed by atoms with E-state index in [1.807, 2.05) is 6.92 Å².